The van der Waals surface area contributed by atoms with Gasteiger partial charge in [-0.3, -0.25) is 4.79 Å². The summed E-state index contributed by atoms with van der Waals surface area (Å²) in [5, 5.41) is 11.9. The van der Waals surface area contributed by atoms with Crippen LogP contribution in [0.25, 0.3) is 0 Å². The van der Waals surface area contributed by atoms with Gasteiger partial charge in [0, 0.05) is 13.5 Å². The summed E-state index contributed by atoms with van der Waals surface area (Å²) >= 11 is 0. The first-order valence-electron chi connectivity index (χ1n) is 6.97. The van der Waals surface area contributed by atoms with Gasteiger partial charge in [0.1, 0.15) is 0 Å². The van der Waals surface area contributed by atoms with Gasteiger partial charge in [-0.05, 0) is 43.9 Å². The van der Waals surface area contributed by atoms with E-state index in [9.17, 15) is 14.7 Å². The summed E-state index contributed by atoms with van der Waals surface area (Å²) in [6.45, 7) is 5.74. The zero-order chi connectivity index (χ0) is 16.0. The summed E-state index contributed by atoms with van der Waals surface area (Å²) in [6, 6.07) is 4.38. The number of carbonyl (C=O) groups excluding carboxylic acids is 1. The molecule has 0 aromatic heterocycles. The number of methoxy groups -OCH3 is 1. The highest BCUT2D eigenvalue weighted by molar-refractivity contribution is 5.84. The third-order valence-corrected chi connectivity index (χ3v) is 3.60. The van der Waals surface area contributed by atoms with Gasteiger partial charge in [0.2, 0.25) is 5.91 Å². The van der Waals surface area contributed by atoms with Gasteiger partial charge >= 0.3 is 5.97 Å². The Morgan fingerprint density at radius 2 is 1.95 bits per heavy atom. The monoisotopic (exact) mass is 293 g/mol. The van der Waals surface area contributed by atoms with E-state index in [1.807, 2.05) is 26.8 Å². The van der Waals surface area contributed by atoms with E-state index in [4.69, 9.17) is 4.74 Å². The molecule has 1 amide bonds. The quantitative estimate of drug-likeness (QED) is 0.809. The van der Waals surface area contributed by atoms with Crippen LogP contribution in [0.1, 0.15) is 42.5 Å². The van der Waals surface area contributed by atoms with Crippen molar-refractivity contribution in [3.05, 3.63) is 34.9 Å². The number of carboxylic acids is 1. The zero-order valence-electron chi connectivity index (χ0n) is 13.0. The Labute approximate surface area is 125 Å². The smallest absolute Gasteiger partial charge is 0.330 e. The predicted molar refractivity (Wildman–Crippen MR) is 80.1 cm³/mol. The van der Waals surface area contributed by atoms with Crippen molar-refractivity contribution in [2.75, 3.05) is 7.11 Å². The summed E-state index contributed by atoms with van der Waals surface area (Å²) in [5.41, 5.74) is 2.67. The molecule has 116 valence electrons. The Balaban J connectivity index is 2.76. The number of hydrogen-bond donors (Lipinski definition) is 2. The third kappa shape index (κ3) is 5.19. The molecule has 1 aromatic carbocycles. The molecule has 0 saturated heterocycles. The van der Waals surface area contributed by atoms with Gasteiger partial charge in [-0.2, -0.15) is 0 Å². The minimum atomic E-state index is -1.06. The minimum absolute atomic E-state index is 0.0272. The molecule has 0 heterocycles. The van der Waals surface area contributed by atoms with Crippen LogP contribution in [0.3, 0.4) is 0 Å². The second kappa shape index (κ2) is 7.78. The van der Waals surface area contributed by atoms with Gasteiger partial charge < -0.3 is 15.2 Å². The molecule has 0 saturated carbocycles. The van der Waals surface area contributed by atoms with Crippen molar-refractivity contribution in [3.63, 3.8) is 0 Å². The van der Waals surface area contributed by atoms with E-state index in [2.05, 4.69) is 5.32 Å². The molecule has 5 heteroatoms. The Kier molecular flexibility index (Phi) is 6.37. The highest BCUT2D eigenvalue weighted by Crippen LogP contribution is 2.18. The Bertz CT molecular complexity index is 513. The second-order valence-corrected chi connectivity index (χ2v) is 5.27. The molecule has 2 N–H and O–H groups in total. The molecule has 0 spiro atoms. The van der Waals surface area contributed by atoms with Crippen LogP contribution >= 0.6 is 0 Å². The van der Waals surface area contributed by atoms with Gasteiger partial charge in [-0.25, -0.2) is 4.79 Å². The molecule has 2 atom stereocenters. The molecule has 1 aromatic rings. The van der Waals surface area contributed by atoms with Crippen molar-refractivity contribution in [1.82, 2.24) is 5.32 Å². The second-order valence-electron chi connectivity index (χ2n) is 5.27. The molecule has 21 heavy (non-hydrogen) atoms. The van der Waals surface area contributed by atoms with Crippen LogP contribution in [0.5, 0.6) is 0 Å². The van der Waals surface area contributed by atoms with Crippen molar-refractivity contribution >= 4 is 11.9 Å². The lowest BCUT2D eigenvalue weighted by Crippen LogP contribution is -2.34. The lowest BCUT2D eigenvalue weighted by atomic mass is 10.0. The number of nitrogens with one attached hydrogen (secondary N) is 1. The number of rotatable bonds is 7. The van der Waals surface area contributed by atoms with Crippen LogP contribution in [0.2, 0.25) is 0 Å². The average Bonchev–Trinajstić information content (AvgIpc) is 2.44. The highest BCUT2D eigenvalue weighted by atomic mass is 16.5. The van der Waals surface area contributed by atoms with Crippen LogP contribution in [0.15, 0.2) is 18.2 Å². The van der Waals surface area contributed by atoms with Crippen LogP contribution in [0, 0.1) is 13.8 Å². The summed E-state index contributed by atoms with van der Waals surface area (Å²) in [4.78, 5) is 23.3. The summed E-state index contributed by atoms with van der Waals surface area (Å²) < 4.78 is 5.07. The summed E-state index contributed by atoms with van der Waals surface area (Å²) in [5.74, 6) is -1.35. The van der Waals surface area contributed by atoms with Crippen LogP contribution < -0.4 is 5.32 Å². The van der Waals surface area contributed by atoms with Gasteiger partial charge in [-0.15, -0.1) is 0 Å². The van der Waals surface area contributed by atoms with E-state index in [0.717, 1.165) is 11.1 Å². The van der Waals surface area contributed by atoms with Gasteiger partial charge in [-0.1, -0.05) is 18.2 Å². The van der Waals surface area contributed by atoms with E-state index in [1.165, 1.54) is 0 Å². The van der Waals surface area contributed by atoms with E-state index >= 15 is 0 Å². The summed E-state index contributed by atoms with van der Waals surface area (Å²) in [6.07, 6.45) is 0.770. The van der Waals surface area contributed by atoms with E-state index in [1.54, 1.807) is 19.2 Å². The standard InChI is InChI=1S/C16H23NO4/c1-10-5-7-13(9-11(10)2)15(16(19)20)17-14(18)8-6-12(3)21-4/h5,7,9,12,15H,6,8H2,1-4H3,(H,17,18)(H,19,20). The van der Waals surface area contributed by atoms with E-state index < -0.39 is 12.0 Å². The lowest BCUT2D eigenvalue weighted by Gasteiger charge is -2.17. The van der Waals surface area contributed by atoms with Gasteiger partial charge in [0.25, 0.3) is 0 Å². The zero-order valence-corrected chi connectivity index (χ0v) is 13.0. The first kappa shape index (κ1) is 17.2. The number of hydrogen-bond acceptors (Lipinski definition) is 3. The van der Waals surface area contributed by atoms with Crippen molar-refractivity contribution in [2.45, 2.75) is 45.8 Å². The Hall–Kier alpha value is -1.88. The molecule has 5 nitrogen and oxygen atoms in total. The molecule has 0 aliphatic heterocycles. The largest absolute Gasteiger partial charge is 0.479 e. The fraction of sp³-hybridized carbons (Fsp3) is 0.500. The third-order valence-electron chi connectivity index (χ3n) is 3.60. The van der Waals surface area contributed by atoms with E-state index in [0.29, 0.717) is 12.0 Å². The van der Waals surface area contributed by atoms with Crippen LogP contribution in [-0.4, -0.2) is 30.2 Å². The molecule has 1 rings (SSSR count). The van der Waals surface area contributed by atoms with Crippen molar-refractivity contribution in [1.29, 1.82) is 0 Å². The molecule has 0 aliphatic rings. The maximum atomic E-state index is 11.9. The van der Waals surface area contributed by atoms with Crippen LogP contribution in [-0.2, 0) is 14.3 Å². The normalized spacial score (nSPS) is 13.5. The first-order chi connectivity index (χ1) is 9.85. The number of amides is 1. The number of carbonyl (C=O) groups is 2. The SMILES string of the molecule is COC(C)CCC(=O)NC(C(=O)O)c1ccc(C)c(C)c1. The number of aliphatic carboxylic acids is 1. The topological polar surface area (TPSA) is 75.6 Å². The predicted octanol–water partition coefficient (Wildman–Crippen LogP) is 2.36. The Morgan fingerprint density at radius 1 is 1.29 bits per heavy atom. The molecule has 2 unspecified atom stereocenters. The molecule has 0 aliphatic carbocycles. The number of aryl methyl sites for hydroxylation is 2. The molecule has 0 radical (unpaired) electrons. The number of ether oxygens (including phenoxy) is 1. The molecular weight excluding hydrogens is 270 g/mol. The lowest BCUT2D eigenvalue weighted by molar-refractivity contribution is -0.142. The highest BCUT2D eigenvalue weighted by Gasteiger charge is 2.22. The van der Waals surface area contributed by atoms with Gasteiger partial charge in [0.05, 0.1) is 6.10 Å². The first-order valence-corrected chi connectivity index (χ1v) is 6.97. The summed E-state index contributed by atoms with van der Waals surface area (Å²) in [7, 11) is 1.58. The average molecular weight is 293 g/mol. The Morgan fingerprint density at radius 3 is 2.48 bits per heavy atom. The van der Waals surface area contributed by atoms with E-state index in [-0.39, 0.29) is 18.4 Å². The molecular formula is C16H23NO4. The van der Waals surface area contributed by atoms with Gasteiger partial charge in [0.15, 0.2) is 6.04 Å². The number of carboxylic acid groups (broad SMARTS) is 1. The number of benzene rings is 1. The molecule has 0 bridgehead atoms. The van der Waals surface area contributed by atoms with Crippen molar-refractivity contribution in [3.8, 4) is 0 Å². The maximum absolute atomic E-state index is 11.9. The fourth-order valence-electron chi connectivity index (χ4n) is 1.92. The van der Waals surface area contributed by atoms with Crippen LogP contribution in [0.4, 0.5) is 0 Å². The fourth-order valence-corrected chi connectivity index (χ4v) is 1.92. The maximum Gasteiger partial charge on any atom is 0.330 e. The van der Waals surface area contributed by atoms with Crippen molar-refractivity contribution < 1.29 is 19.4 Å². The van der Waals surface area contributed by atoms with Crippen molar-refractivity contribution in [2.24, 2.45) is 0 Å². The molecule has 0 fully saturated rings. The minimum Gasteiger partial charge on any atom is -0.479 e.